The largest absolute Gasteiger partial charge is 0.496 e. The molecule has 0 aliphatic rings. The van der Waals surface area contributed by atoms with Gasteiger partial charge in [-0.2, -0.15) is 0 Å². The number of methoxy groups -OCH3 is 1. The molecule has 0 saturated carbocycles. The molecule has 0 aromatic heterocycles. The number of anilines is 1. The molecule has 2 rings (SSSR count). The first-order chi connectivity index (χ1) is 11.7. The monoisotopic (exact) mass is 387 g/mol. The number of aryl methyl sites for hydroxylation is 1. The van der Waals surface area contributed by atoms with Crippen molar-refractivity contribution in [3.8, 4) is 5.75 Å². The molecule has 0 heterocycles. The fraction of sp³-hybridized carbons (Fsp3) is 0.188. The van der Waals surface area contributed by atoms with E-state index in [9.17, 15) is 17.6 Å². The van der Waals surface area contributed by atoms with Gasteiger partial charge >= 0.3 is 5.97 Å². The van der Waals surface area contributed by atoms with Crippen LogP contribution in [0.4, 0.5) is 10.1 Å². The molecule has 0 bridgehead atoms. The highest BCUT2D eigenvalue weighted by Gasteiger charge is 2.28. The molecule has 2 aromatic rings. The Kier molecular flexibility index (Phi) is 5.54. The molecule has 0 atom stereocenters. The Morgan fingerprint density at radius 3 is 2.48 bits per heavy atom. The molecule has 0 amide bonds. The van der Waals surface area contributed by atoms with Gasteiger partial charge in [0, 0.05) is 0 Å². The summed E-state index contributed by atoms with van der Waals surface area (Å²) in [6, 6.07) is 7.33. The van der Waals surface area contributed by atoms with Gasteiger partial charge in [0.1, 0.15) is 18.1 Å². The molecule has 9 heteroatoms. The van der Waals surface area contributed by atoms with Crippen LogP contribution in [-0.4, -0.2) is 33.1 Å². The number of aliphatic carboxylic acids is 1. The van der Waals surface area contributed by atoms with Crippen LogP contribution in [0.25, 0.3) is 0 Å². The van der Waals surface area contributed by atoms with Crippen LogP contribution in [0, 0.1) is 12.7 Å². The Bertz CT molecular complexity index is 917. The highest BCUT2D eigenvalue weighted by Crippen LogP contribution is 2.29. The maximum absolute atomic E-state index is 13.4. The lowest BCUT2D eigenvalue weighted by atomic mass is 10.2. The number of sulfonamides is 1. The number of ether oxygens (including phenoxy) is 1. The second kappa shape index (κ2) is 7.28. The van der Waals surface area contributed by atoms with Gasteiger partial charge in [-0.05, 0) is 48.9 Å². The molecule has 0 aliphatic carbocycles. The smallest absolute Gasteiger partial charge is 0.324 e. The second-order valence-corrected chi connectivity index (χ2v) is 7.40. The third-order valence-electron chi connectivity index (χ3n) is 3.42. The van der Waals surface area contributed by atoms with Crippen molar-refractivity contribution in [1.29, 1.82) is 0 Å². The maximum Gasteiger partial charge on any atom is 0.324 e. The highest BCUT2D eigenvalue weighted by molar-refractivity contribution is 7.92. The SMILES string of the molecule is COc1ccc(S(=O)(=O)N(CC(=O)O)c2ccc(F)c(Cl)c2)cc1C. The van der Waals surface area contributed by atoms with Crippen molar-refractivity contribution in [3.05, 3.63) is 52.8 Å². The zero-order valence-corrected chi connectivity index (χ0v) is 14.9. The molecule has 0 unspecified atom stereocenters. The van der Waals surface area contributed by atoms with Crippen LogP contribution >= 0.6 is 11.6 Å². The Morgan fingerprint density at radius 1 is 1.28 bits per heavy atom. The summed E-state index contributed by atoms with van der Waals surface area (Å²) >= 11 is 5.69. The summed E-state index contributed by atoms with van der Waals surface area (Å²) in [5.74, 6) is -1.61. The third kappa shape index (κ3) is 4.02. The molecule has 0 spiro atoms. The van der Waals surface area contributed by atoms with Gasteiger partial charge < -0.3 is 9.84 Å². The number of nitrogens with zero attached hydrogens (tertiary/aromatic N) is 1. The maximum atomic E-state index is 13.4. The van der Waals surface area contributed by atoms with Crippen molar-refractivity contribution in [2.75, 3.05) is 18.0 Å². The summed E-state index contributed by atoms with van der Waals surface area (Å²) in [7, 11) is -2.76. The predicted molar refractivity (Wildman–Crippen MR) is 91.3 cm³/mol. The van der Waals surface area contributed by atoms with Gasteiger partial charge in [0.25, 0.3) is 10.0 Å². The van der Waals surface area contributed by atoms with Gasteiger partial charge in [0.2, 0.25) is 0 Å². The first-order valence-corrected chi connectivity index (χ1v) is 8.83. The van der Waals surface area contributed by atoms with E-state index >= 15 is 0 Å². The Morgan fingerprint density at radius 2 is 1.96 bits per heavy atom. The van der Waals surface area contributed by atoms with Crippen molar-refractivity contribution in [2.24, 2.45) is 0 Å². The van der Waals surface area contributed by atoms with Gasteiger partial charge in [0.05, 0.1) is 22.7 Å². The number of rotatable bonds is 6. The average Bonchev–Trinajstić information content (AvgIpc) is 2.55. The van der Waals surface area contributed by atoms with E-state index in [1.807, 2.05) is 0 Å². The summed E-state index contributed by atoms with van der Waals surface area (Å²) in [5.41, 5.74) is 0.512. The topological polar surface area (TPSA) is 83.9 Å². The Labute approximate surface area is 149 Å². The fourth-order valence-electron chi connectivity index (χ4n) is 2.22. The minimum absolute atomic E-state index is 0.0535. The van der Waals surface area contributed by atoms with Crippen LogP contribution in [0.1, 0.15) is 5.56 Å². The summed E-state index contributed by atoms with van der Waals surface area (Å²) < 4.78 is 44.9. The standard InChI is InChI=1S/C16H15ClFNO5S/c1-10-7-12(4-6-15(10)24-2)25(22,23)19(9-16(20)21)11-3-5-14(18)13(17)8-11/h3-8H,9H2,1-2H3,(H,20,21). The minimum atomic E-state index is -4.21. The van der Waals surface area contributed by atoms with Crippen molar-refractivity contribution in [3.63, 3.8) is 0 Å². The van der Waals surface area contributed by atoms with Gasteiger partial charge in [-0.1, -0.05) is 11.6 Å². The molecule has 1 N–H and O–H groups in total. The van der Waals surface area contributed by atoms with Crippen LogP contribution < -0.4 is 9.04 Å². The normalized spacial score (nSPS) is 11.2. The summed E-state index contributed by atoms with van der Waals surface area (Å²) in [4.78, 5) is 11.0. The van der Waals surface area contributed by atoms with E-state index in [-0.39, 0.29) is 15.6 Å². The Hall–Kier alpha value is -2.32. The second-order valence-electron chi connectivity index (χ2n) is 5.14. The Balaban J connectivity index is 2.57. The van der Waals surface area contributed by atoms with E-state index < -0.39 is 28.4 Å². The molecule has 25 heavy (non-hydrogen) atoms. The van der Waals surface area contributed by atoms with Gasteiger partial charge in [0.15, 0.2) is 0 Å². The quantitative estimate of drug-likeness (QED) is 0.823. The lowest BCUT2D eigenvalue weighted by Gasteiger charge is -2.23. The number of carbonyl (C=O) groups is 1. The summed E-state index contributed by atoms with van der Waals surface area (Å²) in [6.45, 7) is 0.823. The third-order valence-corrected chi connectivity index (χ3v) is 5.48. The van der Waals surface area contributed by atoms with Crippen molar-refractivity contribution >= 4 is 33.3 Å². The molecule has 2 aromatic carbocycles. The van der Waals surface area contributed by atoms with Gasteiger partial charge in [-0.3, -0.25) is 9.10 Å². The van der Waals surface area contributed by atoms with E-state index in [1.165, 1.54) is 25.3 Å². The molecule has 0 fully saturated rings. The molecule has 6 nitrogen and oxygen atoms in total. The van der Waals surface area contributed by atoms with E-state index in [2.05, 4.69) is 0 Å². The zero-order valence-electron chi connectivity index (χ0n) is 13.4. The first kappa shape index (κ1) is 19.0. The van der Waals surface area contributed by atoms with E-state index in [0.717, 1.165) is 18.2 Å². The van der Waals surface area contributed by atoms with Crippen molar-refractivity contribution < 1.29 is 27.4 Å². The van der Waals surface area contributed by atoms with Crippen LogP contribution in [0.15, 0.2) is 41.3 Å². The van der Waals surface area contributed by atoms with Crippen LogP contribution in [0.3, 0.4) is 0 Å². The predicted octanol–water partition coefficient (Wildman–Crippen LogP) is 3.08. The molecular weight excluding hydrogens is 373 g/mol. The summed E-state index contributed by atoms with van der Waals surface area (Å²) in [5, 5.41) is 8.77. The lowest BCUT2D eigenvalue weighted by Crippen LogP contribution is -2.35. The van der Waals surface area contributed by atoms with Gasteiger partial charge in [-0.15, -0.1) is 0 Å². The highest BCUT2D eigenvalue weighted by atomic mass is 35.5. The minimum Gasteiger partial charge on any atom is -0.496 e. The molecule has 0 radical (unpaired) electrons. The number of hydrogen-bond acceptors (Lipinski definition) is 4. The van der Waals surface area contributed by atoms with E-state index in [1.54, 1.807) is 6.92 Å². The van der Waals surface area contributed by atoms with Crippen LogP contribution in [0.5, 0.6) is 5.75 Å². The van der Waals surface area contributed by atoms with Crippen molar-refractivity contribution in [2.45, 2.75) is 11.8 Å². The number of carboxylic acids is 1. The molecule has 0 aliphatic heterocycles. The van der Waals surface area contributed by atoms with Crippen molar-refractivity contribution in [1.82, 2.24) is 0 Å². The zero-order chi connectivity index (χ0) is 18.8. The van der Waals surface area contributed by atoms with Gasteiger partial charge in [-0.25, -0.2) is 12.8 Å². The number of hydrogen-bond donors (Lipinski definition) is 1. The van der Waals surface area contributed by atoms with E-state index in [0.29, 0.717) is 15.6 Å². The van der Waals surface area contributed by atoms with Crippen LogP contribution in [-0.2, 0) is 14.8 Å². The molecule has 134 valence electrons. The first-order valence-electron chi connectivity index (χ1n) is 7.01. The fourth-order valence-corrected chi connectivity index (χ4v) is 3.88. The lowest BCUT2D eigenvalue weighted by molar-refractivity contribution is -0.135. The number of halogens is 2. The summed E-state index contributed by atoms with van der Waals surface area (Å²) in [6.07, 6.45) is 0. The average molecular weight is 388 g/mol. The molecule has 0 saturated heterocycles. The van der Waals surface area contributed by atoms with E-state index in [4.69, 9.17) is 21.4 Å². The van der Waals surface area contributed by atoms with Crippen LogP contribution in [0.2, 0.25) is 5.02 Å². The number of benzene rings is 2. The molecular formula is C16H15ClFNO5S. The number of carboxylic acid groups (broad SMARTS) is 1.